The number of aliphatic hydroxyl groups is 1. The highest BCUT2D eigenvalue weighted by molar-refractivity contribution is 5.79. The molecule has 1 amide bonds. The SMILES string of the molecule is CC(O)c1cn(C2CN(C(=O)Cc3cnn(-c4ccccc4)c3)C2)nn1. The van der Waals surface area contributed by atoms with Crippen molar-refractivity contribution in [3.63, 3.8) is 0 Å². The average molecular weight is 352 g/mol. The van der Waals surface area contributed by atoms with E-state index in [4.69, 9.17) is 0 Å². The van der Waals surface area contributed by atoms with Gasteiger partial charge in [-0.1, -0.05) is 23.4 Å². The Kier molecular flexibility index (Phi) is 4.26. The molecule has 1 saturated heterocycles. The fourth-order valence-corrected chi connectivity index (χ4v) is 2.95. The lowest BCUT2D eigenvalue weighted by atomic mass is 10.1. The quantitative estimate of drug-likeness (QED) is 0.744. The first kappa shape index (κ1) is 16.5. The summed E-state index contributed by atoms with van der Waals surface area (Å²) < 4.78 is 3.49. The lowest BCUT2D eigenvalue weighted by molar-refractivity contribution is -0.136. The molecule has 1 atom stereocenters. The van der Waals surface area contributed by atoms with E-state index in [1.165, 1.54) is 0 Å². The molecule has 26 heavy (non-hydrogen) atoms. The normalized spacial score (nSPS) is 15.7. The molecule has 2 aromatic heterocycles. The maximum absolute atomic E-state index is 12.4. The molecule has 1 unspecified atom stereocenters. The second-order valence-corrected chi connectivity index (χ2v) is 6.56. The number of rotatable bonds is 5. The predicted octanol–water partition coefficient (Wildman–Crippen LogP) is 1.14. The van der Waals surface area contributed by atoms with Gasteiger partial charge in [0.1, 0.15) is 5.69 Å². The molecular formula is C18H20N6O2. The molecule has 4 rings (SSSR count). The maximum Gasteiger partial charge on any atom is 0.227 e. The molecule has 3 heterocycles. The first-order chi connectivity index (χ1) is 12.6. The molecule has 0 spiro atoms. The van der Waals surface area contributed by atoms with Gasteiger partial charge in [0.25, 0.3) is 0 Å². The van der Waals surface area contributed by atoms with Crippen molar-refractivity contribution in [2.75, 3.05) is 13.1 Å². The molecule has 1 fully saturated rings. The van der Waals surface area contributed by atoms with E-state index in [0.29, 0.717) is 25.2 Å². The van der Waals surface area contributed by atoms with Crippen molar-refractivity contribution in [3.05, 3.63) is 60.2 Å². The number of nitrogens with zero attached hydrogens (tertiary/aromatic N) is 6. The lowest BCUT2D eigenvalue weighted by Crippen LogP contribution is -2.51. The van der Waals surface area contributed by atoms with E-state index in [1.807, 2.05) is 36.5 Å². The van der Waals surface area contributed by atoms with Gasteiger partial charge in [0.05, 0.1) is 36.6 Å². The fraction of sp³-hybridized carbons (Fsp3) is 0.333. The first-order valence-electron chi connectivity index (χ1n) is 8.56. The number of aromatic nitrogens is 5. The topological polar surface area (TPSA) is 89.1 Å². The van der Waals surface area contributed by atoms with Gasteiger partial charge in [-0.3, -0.25) is 4.79 Å². The van der Waals surface area contributed by atoms with Crippen molar-refractivity contribution in [2.24, 2.45) is 0 Å². The van der Waals surface area contributed by atoms with Crippen LogP contribution in [0.3, 0.4) is 0 Å². The van der Waals surface area contributed by atoms with E-state index in [2.05, 4.69) is 15.4 Å². The van der Waals surface area contributed by atoms with Gasteiger partial charge in [0.15, 0.2) is 0 Å². The maximum atomic E-state index is 12.4. The third-order valence-electron chi connectivity index (χ3n) is 4.56. The number of carbonyl (C=O) groups is 1. The molecule has 134 valence electrons. The van der Waals surface area contributed by atoms with Crippen LogP contribution in [0.4, 0.5) is 0 Å². The Hall–Kier alpha value is -3.00. The molecule has 1 aliphatic heterocycles. The van der Waals surface area contributed by atoms with Gasteiger partial charge >= 0.3 is 0 Å². The summed E-state index contributed by atoms with van der Waals surface area (Å²) in [6, 6.07) is 9.92. The standard InChI is InChI=1S/C18H20N6O2/c1-13(25)17-12-24(21-20-17)16-10-22(11-16)18(26)7-14-8-19-23(9-14)15-5-3-2-4-6-15/h2-6,8-9,12-13,16,25H,7,10-11H2,1H3. The van der Waals surface area contributed by atoms with Crippen molar-refractivity contribution in [1.29, 1.82) is 0 Å². The van der Waals surface area contributed by atoms with Gasteiger partial charge in [0, 0.05) is 19.3 Å². The van der Waals surface area contributed by atoms with E-state index in [-0.39, 0.29) is 11.9 Å². The molecule has 3 aromatic rings. The van der Waals surface area contributed by atoms with Crippen molar-refractivity contribution in [1.82, 2.24) is 29.7 Å². The van der Waals surface area contributed by atoms with Crippen LogP contribution in [-0.2, 0) is 11.2 Å². The highest BCUT2D eigenvalue weighted by Crippen LogP contribution is 2.22. The minimum absolute atomic E-state index is 0.0738. The number of carbonyl (C=O) groups excluding carboxylic acids is 1. The first-order valence-corrected chi connectivity index (χ1v) is 8.56. The van der Waals surface area contributed by atoms with Crippen molar-refractivity contribution in [2.45, 2.75) is 25.5 Å². The third kappa shape index (κ3) is 3.23. The number of hydrogen-bond donors (Lipinski definition) is 1. The zero-order valence-corrected chi connectivity index (χ0v) is 14.4. The summed E-state index contributed by atoms with van der Waals surface area (Å²) in [7, 11) is 0. The van der Waals surface area contributed by atoms with Gasteiger partial charge in [0.2, 0.25) is 5.91 Å². The largest absolute Gasteiger partial charge is 0.387 e. The third-order valence-corrected chi connectivity index (χ3v) is 4.56. The second-order valence-electron chi connectivity index (χ2n) is 6.56. The molecule has 0 aliphatic carbocycles. The van der Waals surface area contributed by atoms with Gasteiger partial charge in [-0.2, -0.15) is 5.10 Å². The number of benzene rings is 1. The van der Waals surface area contributed by atoms with Crippen LogP contribution in [0.5, 0.6) is 0 Å². The summed E-state index contributed by atoms with van der Waals surface area (Å²) in [6.45, 7) is 2.86. The van der Waals surface area contributed by atoms with Crippen LogP contribution >= 0.6 is 0 Å². The monoisotopic (exact) mass is 352 g/mol. The number of hydrogen-bond acceptors (Lipinski definition) is 5. The molecule has 1 aromatic carbocycles. The minimum atomic E-state index is -0.636. The molecule has 0 radical (unpaired) electrons. The minimum Gasteiger partial charge on any atom is -0.387 e. The van der Waals surface area contributed by atoms with E-state index in [0.717, 1.165) is 11.3 Å². The second kappa shape index (κ2) is 6.72. The lowest BCUT2D eigenvalue weighted by Gasteiger charge is -2.38. The summed E-state index contributed by atoms with van der Waals surface area (Å²) in [4.78, 5) is 14.2. The summed E-state index contributed by atoms with van der Waals surface area (Å²) in [5.41, 5.74) is 2.40. The van der Waals surface area contributed by atoms with Crippen LogP contribution in [0.15, 0.2) is 48.9 Å². The van der Waals surface area contributed by atoms with Crippen molar-refractivity contribution < 1.29 is 9.90 Å². The van der Waals surface area contributed by atoms with E-state index in [9.17, 15) is 9.90 Å². The van der Waals surface area contributed by atoms with Gasteiger partial charge < -0.3 is 10.0 Å². The number of para-hydroxylation sites is 1. The van der Waals surface area contributed by atoms with E-state index in [1.54, 1.807) is 33.6 Å². The molecule has 8 nitrogen and oxygen atoms in total. The van der Waals surface area contributed by atoms with Crippen LogP contribution in [0.2, 0.25) is 0 Å². The zero-order chi connectivity index (χ0) is 18.1. The molecule has 0 bridgehead atoms. The van der Waals surface area contributed by atoms with Crippen LogP contribution in [-0.4, -0.2) is 53.8 Å². The summed E-state index contributed by atoms with van der Waals surface area (Å²) in [5, 5.41) is 21.8. The van der Waals surface area contributed by atoms with E-state index < -0.39 is 6.10 Å². The predicted molar refractivity (Wildman–Crippen MR) is 93.5 cm³/mol. The van der Waals surface area contributed by atoms with Gasteiger partial charge in [-0.25, -0.2) is 9.36 Å². The van der Waals surface area contributed by atoms with Crippen LogP contribution in [0.25, 0.3) is 5.69 Å². The van der Waals surface area contributed by atoms with E-state index >= 15 is 0 Å². The van der Waals surface area contributed by atoms with Crippen LogP contribution in [0, 0.1) is 0 Å². The Balaban J connectivity index is 1.33. The van der Waals surface area contributed by atoms with Crippen LogP contribution in [0.1, 0.15) is 30.3 Å². The van der Waals surface area contributed by atoms with Crippen LogP contribution < -0.4 is 0 Å². The average Bonchev–Trinajstić information content (AvgIpc) is 3.24. The fourth-order valence-electron chi connectivity index (χ4n) is 2.95. The Morgan fingerprint density at radius 3 is 2.73 bits per heavy atom. The number of amides is 1. The molecule has 0 saturated carbocycles. The van der Waals surface area contributed by atoms with Crippen molar-refractivity contribution >= 4 is 5.91 Å². The molecule has 1 aliphatic rings. The molecule has 1 N–H and O–H groups in total. The highest BCUT2D eigenvalue weighted by Gasteiger charge is 2.32. The Morgan fingerprint density at radius 1 is 1.27 bits per heavy atom. The summed E-state index contributed by atoms with van der Waals surface area (Å²) in [6.07, 6.45) is 5.05. The Bertz CT molecular complexity index is 895. The Labute approximate surface area is 150 Å². The molecule has 8 heteroatoms. The summed E-state index contributed by atoms with van der Waals surface area (Å²) in [5.74, 6) is 0.0738. The highest BCUT2D eigenvalue weighted by atomic mass is 16.3. The van der Waals surface area contributed by atoms with Gasteiger partial charge in [-0.15, -0.1) is 5.10 Å². The Morgan fingerprint density at radius 2 is 2.04 bits per heavy atom. The number of aliphatic hydroxyl groups excluding tert-OH is 1. The number of likely N-dealkylation sites (tertiary alicyclic amines) is 1. The summed E-state index contributed by atoms with van der Waals surface area (Å²) >= 11 is 0. The van der Waals surface area contributed by atoms with Crippen molar-refractivity contribution in [3.8, 4) is 5.69 Å². The smallest absolute Gasteiger partial charge is 0.227 e. The van der Waals surface area contributed by atoms with Gasteiger partial charge in [-0.05, 0) is 24.6 Å². The zero-order valence-electron chi connectivity index (χ0n) is 14.4. The molecular weight excluding hydrogens is 332 g/mol.